The van der Waals surface area contributed by atoms with Crippen LogP contribution in [-0.4, -0.2) is 23.3 Å². The summed E-state index contributed by atoms with van der Waals surface area (Å²) in [5.74, 6) is -2.56. The highest BCUT2D eigenvalue weighted by Gasteiger charge is 2.32. The molecule has 0 heterocycles. The average molecular weight is 369 g/mol. The monoisotopic (exact) mass is 369 g/mol. The number of rotatable bonds is 6. The minimum atomic E-state index is -4.90. The summed E-state index contributed by atoms with van der Waals surface area (Å²) in [5, 5.41) is 11.7. The lowest BCUT2D eigenvalue weighted by Gasteiger charge is -2.15. The Labute approximate surface area is 146 Å². The molecule has 0 atom stereocenters. The third kappa shape index (κ3) is 5.13. The van der Waals surface area contributed by atoms with Crippen LogP contribution in [0.4, 0.5) is 18.9 Å². The highest BCUT2D eigenvalue weighted by Crippen LogP contribution is 2.35. The first-order valence-electron chi connectivity index (χ1n) is 7.39. The van der Waals surface area contributed by atoms with Crippen LogP contribution in [0.2, 0.25) is 0 Å². The van der Waals surface area contributed by atoms with Gasteiger partial charge in [-0.3, -0.25) is 4.79 Å². The lowest BCUT2D eigenvalue weighted by atomic mass is 10.1. The Balaban J connectivity index is 2.32. The second kappa shape index (κ2) is 7.77. The van der Waals surface area contributed by atoms with Gasteiger partial charge in [-0.25, -0.2) is 4.79 Å². The molecule has 0 fully saturated rings. The molecule has 0 saturated heterocycles. The fourth-order valence-corrected chi connectivity index (χ4v) is 1.98. The first-order valence-corrected chi connectivity index (χ1v) is 7.39. The van der Waals surface area contributed by atoms with E-state index in [1.807, 2.05) is 0 Å². The molecule has 0 aliphatic carbocycles. The van der Waals surface area contributed by atoms with Crippen molar-refractivity contribution in [2.75, 3.05) is 5.32 Å². The van der Waals surface area contributed by atoms with Crippen molar-refractivity contribution in [1.82, 2.24) is 0 Å². The van der Waals surface area contributed by atoms with Gasteiger partial charge in [0.15, 0.2) is 11.5 Å². The van der Waals surface area contributed by atoms with E-state index < -0.39 is 18.1 Å². The van der Waals surface area contributed by atoms with Gasteiger partial charge in [0, 0.05) is 6.42 Å². The summed E-state index contributed by atoms with van der Waals surface area (Å²) in [4.78, 5) is 22.8. The molecule has 0 aliphatic heterocycles. The maximum Gasteiger partial charge on any atom is 0.573 e. The van der Waals surface area contributed by atoms with Gasteiger partial charge in [0.1, 0.15) is 5.75 Å². The van der Waals surface area contributed by atoms with Crippen molar-refractivity contribution in [3.8, 4) is 17.2 Å². The van der Waals surface area contributed by atoms with Crippen LogP contribution in [0.3, 0.4) is 0 Å². The Morgan fingerprint density at radius 1 is 1.12 bits per heavy atom. The van der Waals surface area contributed by atoms with Crippen molar-refractivity contribution in [3.63, 3.8) is 0 Å². The van der Waals surface area contributed by atoms with Gasteiger partial charge < -0.3 is 19.9 Å². The molecule has 0 unspecified atom stereocenters. The van der Waals surface area contributed by atoms with Crippen molar-refractivity contribution < 1.29 is 37.3 Å². The smallest absolute Gasteiger partial charge is 0.478 e. The van der Waals surface area contributed by atoms with Gasteiger partial charge in [0.25, 0.3) is 0 Å². The summed E-state index contributed by atoms with van der Waals surface area (Å²) in [5.41, 5.74) is -0.213. The molecule has 2 N–H and O–H groups in total. The van der Waals surface area contributed by atoms with Crippen molar-refractivity contribution >= 4 is 17.6 Å². The van der Waals surface area contributed by atoms with Crippen LogP contribution in [0.5, 0.6) is 17.2 Å². The number of carboxylic acids is 1. The van der Waals surface area contributed by atoms with E-state index in [2.05, 4.69) is 10.1 Å². The minimum absolute atomic E-state index is 0.0323. The standard InChI is InChI=1S/C17H14F3NO5/c1-2-15(22)21-12-8-7-10(9-11(12)16(23)24)25-13-5-3-4-6-14(13)26-17(18,19)20/h3-9H,2H2,1H3,(H,21,22)(H,23,24). The summed E-state index contributed by atoms with van der Waals surface area (Å²) >= 11 is 0. The summed E-state index contributed by atoms with van der Waals surface area (Å²) in [6.45, 7) is 1.60. The molecule has 0 bridgehead atoms. The zero-order valence-electron chi connectivity index (χ0n) is 13.5. The van der Waals surface area contributed by atoms with Gasteiger partial charge in [-0.15, -0.1) is 13.2 Å². The summed E-state index contributed by atoms with van der Waals surface area (Å²) in [6, 6.07) is 8.79. The number of carbonyl (C=O) groups is 2. The van der Waals surface area contributed by atoms with E-state index in [0.717, 1.165) is 12.1 Å². The number of aromatic carboxylic acids is 1. The molecule has 6 nitrogen and oxygen atoms in total. The first kappa shape index (κ1) is 19.1. The molecule has 0 saturated carbocycles. The van der Waals surface area contributed by atoms with Gasteiger partial charge >= 0.3 is 12.3 Å². The molecule has 0 aliphatic rings. The van der Waals surface area contributed by atoms with Crippen molar-refractivity contribution in [3.05, 3.63) is 48.0 Å². The van der Waals surface area contributed by atoms with Crippen LogP contribution in [-0.2, 0) is 4.79 Å². The number of alkyl halides is 3. The molecule has 0 radical (unpaired) electrons. The number of amides is 1. The normalized spacial score (nSPS) is 10.9. The quantitative estimate of drug-likeness (QED) is 0.787. The van der Waals surface area contributed by atoms with Gasteiger partial charge in [-0.05, 0) is 30.3 Å². The van der Waals surface area contributed by atoms with E-state index in [1.54, 1.807) is 6.92 Å². The molecular weight excluding hydrogens is 355 g/mol. The van der Waals surface area contributed by atoms with E-state index in [0.29, 0.717) is 0 Å². The van der Waals surface area contributed by atoms with Crippen LogP contribution in [0.25, 0.3) is 0 Å². The predicted molar refractivity (Wildman–Crippen MR) is 85.5 cm³/mol. The highest BCUT2D eigenvalue weighted by molar-refractivity contribution is 6.00. The number of ether oxygens (including phenoxy) is 2. The summed E-state index contributed by atoms with van der Waals surface area (Å²) in [6.07, 6.45) is -4.75. The van der Waals surface area contributed by atoms with Gasteiger partial charge in [0.05, 0.1) is 11.3 Å². The topological polar surface area (TPSA) is 84.9 Å². The molecule has 2 rings (SSSR count). The largest absolute Gasteiger partial charge is 0.573 e. The Hall–Kier alpha value is -3.23. The predicted octanol–water partition coefficient (Wildman–Crippen LogP) is 4.42. The van der Waals surface area contributed by atoms with Gasteiger partial charge in [0.2, 0.25) is 5.91 Å². The van der Waals surface area contributed by atoms with Crippen LogP contribution in [0.1, 0.15) is 23.7 Å². The molecule has 9 heteroatoms. The lowest BCUT2D eigenvalue weighted by molar-refractivity contribution is -0.275. The van der Waals surface area contributed by atoms with Crippen molar-refractivity contribution in [1.29, 1.82) is 0 Å². The fourth-order valence-electron chi connectivity index (χ4n) is 1.98. The van der Waals surface area contributed by atoms with Crippen molar-refractivity contribution in [2.24, 2.45) is 0 Å². The molecule has 26 heavy (non-hydrogen) atoms. The number of hydrogen-bond donors (Lipinski definition) is 2. The van der Waals surface area contributed by atoms with Crippen LogP contribution >= 0.6 is 0 Å². The molecule has 0 spiro atoms. The Morgan fingerprint density at radius 3 is 2.35 bits per heavy atom. The summed E-state index contributed by atoms with van der Waals surface area (Å²) < 4.78 is 46.5. The van der Waals surface area contributed by atoms with Crippen LogP contribution in [0.15, 0.2) is 42.5 Å². The number of anilines is 1. The first-order chi connectivity index (χ1) is 12.2. The van der Waals surface area contributed by atoms with Gasteiger partial charge in [-0.1, -0.05) is 19.1 Å². The van der Waals surface area contributed by atoms with Crippen LogP contribution < -0.4 is 14.8 Å². The van der Waals surface area contributed by atoms with E-state index in [-0.39, 0.29) is 35.1 Å². The van der Waals surface area contributed by atoms with Crippen LogP contribution in [0, 0.1) is 0 Å². The van der Waals surface area contributed by atoms with Crippen molar-refractivity contribution in [2.45, 2.75) is 19.7 Å². The number of carboxylic acid groups (broad SMARTS) is 1. The van der Waals surface area contributed by atoms with Gasteiger partial charge in [-0.2, -0.15) is 0 Å². The molecular formula is C17H14F3NO5. The third-order valence-electron chi connectivity index (χ3n) is 3.12. The highest BCUT2D eigenvalue weighted by atomic mass is 19.4. The summed E-state index contributed by atoms with van der Waals surface area (Å²) in [7, 11) is 0. The number of halogens is 3. The number of nitrogens with one attached hydrogen (secondary N) is 1. The second-order valence-electron chi connectivity index (χ2n) is 5.01. The lowest BCUT2D eigenvalue weighted by Crippen LogP contribution is -2.17. The van der Waals surface area contributed by atoms with E-state index in [4.69, 9.17) is 4.74 Å². The molecule has 0 aromatic heterocycles. The zero-order chi connectivity index (χ0) is 19.3. The van der Waals surface area contributed by atoms with E-state index in [1.165, 1.54) is 30.3 Å². The number of carbonyl (C=O) groups excluding carboxylic acids is 1. The minimum Gasteiger partial charge on any atom is -0.478 e. The molecule has 2 aromatic carbocycles. The fraction of sp³-hybridized carbons (Fsp3) is 0.176. The number of para-hydroxylation sites is 2. The second-order valence-corrected chi connectivity index (χ2v) is 5.01. The maximum absolute atomic E-state index is 12.4. The number of hydrogen-bond acceptors (Lipinski definition) is 4. The Morgan fingerprint density at radius 2 is 1.77 bits per heavy atom. The maximum atomic E-state index is 12.4. The number of benzene rings is 2. The zero-order valence-corrected chi connectivity index (χ0v) is 13.5. The van der Waals surface area contributed by atoms with E-state index in [9.17, 15) is 27.9 Å². The Kier molecular flexibility index (Phi) is 5.71. The molecule has 2 aromatic rings. The molecule has 1 amide bonds. The Bertz CT molecular complexity index is 820. The average Bonchev–Trinajstić information content (AvgIpc) is 2.56. The SMILES string of the molecule is CCC(=O)Nc1ccc(Oc2ccccc2OC(F)(F)F)cc1C(=O)O. The van der Waals surface area contributed by atoms with E-state index >= 15 is 0 Å². The third-order valence-corrected chi connectivity index (χ3v) is 3.12. The molecule has 138 valence electrons.